The zero-order valence-corrected chi connectivity index (χ0v) is 19.0. The van der Waals surface area contributed by atoms with Crippen molar-refractivity contribution < 1.29 is 19.4 Å². The summed E-state index contributed by atoms with van der Waals surface area (Å²) < 4.78 is 11.3. The van der Waals surface area contributed by atoms with Crippen molar-refractivity contribution in [3.8, 4) is 22.6 Å². The molecule has 1 saturated heterocycles. The van der Waals surface area contributed by atoms with Crippen LogP contribution in [0.2, 0.25) is 0 Å². The van der Waals surface area contributed by atoms with E-state index in [-0.39, 0.29) is 5.91 Å². The molecule has 2 aliphatic rings. The molecule has 34 heavy (non-hydrogen) atoms. The first-order valence-corrected chi connectivity index (χ1v) is 11.7. The third-order valence-corrected chi connectivity index (χ3v) is 6.27. The molecule has 2 aliphatic heterocycles. The predicted octanol–water partition coefficient (Wildman–Crippen LogP) is 4.54. The summed E-state index contributed by atoms with van der Waals surface area (Å²) >= 11 is 0. The zero-order valence-electron chi connectivity index (χ0n) is 19.0. The molecule has 0 aliphatic carbocycles. The minimum Gasteiger partial charge on any atom is -0.486 e. The van der Waals surface area contributed by atoms with Crippen LogP contribution in [0, 0.1) is 0 Å². The molecule has 1 fully saturated rings. The van der Waals surface area contributed by atoms with Gasteiger partial charge in [-0.25, -0.2) is 4.99 Å². The largest absolute Gasteiger partial charge is 0.486 e. The van der Waals surface area contributed by atoms with E-state index in [0.717, 1.165) is 37.1 Å². The van der Waals surface area contributed by atoms with Crippen LogP contribution >= 0.6 is 0 Å². The summed E-state index contributed by atoms with van der Waals surface area (Å²) in [5.74, 6) is 0.909. The number of carbonyl (C=O) groups excluding carboxylic acids is 1. The van der Waals surface area contributed by atoms with Gasteiger partial charge >= 0.3 is 0 Å². The number of aliphatic hydroxyl groups is 1. The fourth-order valence-electron chi connectivity index (χ4n) is 4.41. The molecule has 3 aromatic carbocycles. The Kier molecular flexibility index (Phi) is 6.70. The molecule has 5 rings (SSSR count). The Morgan fingerprint density at radius 1 is 0.882 bits per heavy atom. The van der Waals surface area contributed by atoms with Crippen molar-refractivity contribution in [3.05, 3.63) is 83.9 Å². The van der Waals surface area contributed by atoms with E-state index in [0.29, 0.717) is 48.1 Å². The number of hydrogen-bond acceptors (Lipinski definition) is 5. The highest BCUT2D eigenvalue weighted by molar-refractivity contribution is 6.06. The predicted molar refractivity (Wildman–Crippen MR) is 132 cm³/mol. The van der Waals surface area contributed by atoms with Crippen LogP contribution in [-0.4, -0.2) is 54.5 Å². The third kappa shape index (κ3) is 5.03. The van der Waals surface area contributed by atoms with Crippen LogP contribution in [-0.2, 0) is 0 Å². The Morgan fingerprint density at radius 2 is 1.56 bits per heavy atom. The number of nitrogens with zero attached hydrogens (tertiary/aromatic N) is 2. The highest BCUT2D eigenvalue weighted by Crippen LogP contribution is 2.33. The van der Waals surface area contributed by atoms with Crippen molar-refractivity contribution in [2.45, 2.75) is 18.9 Å². The Balaban J connectivity index is 1.40. The van der Waals surface area contributed by atoms with Gasteiger partial charge < -0.3 is 14.6 Å². The van der Waals surface area contributed by atoms with Crippen molar-refractivity contribution in [1.29, 1.82) is 0 Å². The minimum absolute atomic E-state index is 0.356. The van der Waals surface area contributed by atoms with Gasteiger partial charge in [0, 0.05) is 12.1 Å². The van der Waals surface area contributed by atoms with Crippen molar-refractivity contribution in [2.75, 3.05) is 32.8 Å². The Bertz CT molecular complexity index is 1170. The second-order valence-electron chi connectivity index (χ2n) is 8.64. The maximum absolute atomic E-state index is 13.1. The molecule has 1 amide bonds. The number of amides is 1. The van der Waals surface area contributed by atoms with Gasteiger partial charge in [-0.2, -0.15) is 0 Å². The van der Waals surface area contributed by atoms with Crippen LogP contribution in [0.3, 0.4) is 0 Å². The smallest absolute Gasteiger partial charge is 0.277 e. The van der Waals surface area contributed by atoms with Gasteiger partial charge in [0.15, 0.2) is 11.5 Å². The van der Waals surface area contributed by atoms with Crippen LogP contribution in [0.5, 0.6) is 11.5 Å². The van der Waals surface area contributed by atoms with E-state index in [2.05, 4.69) is 9.89 Å². The van der Waals surface area contributed by atoms with Crippen LogP contribution in [0.1, 0.15) is 34.9 Å². The van der Waals surface area contributed by atoms with Gasteiger partial charge in [0.25, 0.3) is 5.91 Å². The maximum atomic E-state index is 13.1. The third-order valence-electron chi connectivity index (χ3n) is 6.27. The number of aliphatic hydroxyl groups excluding tert-OH is 1. The lowest BCUT2D eigenvalue weighted by atomic mass is 10.0. The number of ether oxygens (including phenoxy) is 2. The van der Waals surface area contributed by atoms with E-state index in [4.69, 9.17) is 9.47 Å². The molecule has 3 aromatic rings. The van der Waals surface area contributed by atoms with Gasteiger partial charge in [0.2, 0.25) is 0 Å². The first-order chi connectivity index (χ1) is 16.7. The molecule has 6 nitrogen and oxygen atoms in total. The lowest BCUT2D eigenvalue weighted by Crippen LogP contribution is -2.31. The van der Waals surface area contributed by atoms with Gasteiger partial charge in [-0.05, 0) is 66.9 Å². The lowest BCUT2D eigenvalue weighted by Gasteiger charge is -2.23. The fourth-order valence-corrected chi connectivity index (χ4v) is 4.41. The summed E-state index contributed by atoms with van der Waals surface area (Å²) in [5.41, 5.74) is 3.70. The van der Waals surface area contributed by atoms with E-state index in [1.54, 1.807) is 30.3 Å². The van der Waals surface area contributed by atoms with Crippen LogP contribution in [0.25, 0.3) is 11.1 Å². The monoisotopic (exact) mass is 456 g/mol. The van der Waals surface area contributed by atoms with Crippen LogP contribution in [0.15, 0.2) is 77.8 Å². The SMILES string of the molecule is O=C(N=C(CN1CCCC1)[C@H](O)c1ccc2c(c1)OCCO2)c1ccc(-c2ccccc2)cc1. The number of carbonyl (C=O) groups is 1. The summed E-state index contributed by atoms with van der Waals surface area (Å²) in [5, 5.41) is 11.2. The van der Waals surface area contributed by atoms with E-state index < -0.39 is 6.10 Å². The standard InChI is InChI=1S/C28H28N2O4/c31-27(23-12-13-25-26(18-23)34-17-16-33-25)24(19-30-14-4-5-15-30)29-28(32)22-10-8-21(9-11-22)20-6-2-1-3-7-20/h1-3,6-13,18,27,31H,4-5,14-17,19H2/t27-/m1/s1. The molecule has 0 bridgehead atoms. The number of benzene rings is 3. The van der Waals surface area contributed by atoms with Gasteiger partial charge in [-0.3, -0.25) is 9.69 Å². The van der Waals surface area contributed by atoms with E-state index >= 15 is 0 Å². The fraction of sp³-hybridized carbons (Fsp3) is 0.286. The summed E-state index contributed by atoms with van der Waals surface area (Å²) in [6.45, 7) is 3.30. The number of rotatable bonds is 6. The highest BCUT2D eigenvalue weighted by atomic mass is 16.6. The first kappa shape index (κ1) is 22.3. The van der Waals surface area contributed by atoms with Gasteiger partial charge in [-0.15, -0.1) is 0 Å². The summed E-state index contributed by atoms with van der Waals surface area (Å²) in [4.78, 5) is 19.7. The van der Waals surface area contributed by atoms with E-state index in [1.807, 2.05) is 42.5 Å². The normalized spacial score (nSPS) is 16.9. The van der Waals surface area contributed by atoms with Crippen molar-refractivity contribution in [3.63, 3.8) is 0 Å². The minimum atomic E-state index is -1.01. The van der Waals surface area contributed by atoms with Gasteiger partial charge in [0.1, 0.15) is 19.3 Å². The average Bonchev–Trinajstić information content (AvgIpc) is 3.41. The number of aliphatic imine (C=N–C) groups is 1. The molecular weight excluding hydrogens is 428 g/mol. The molecule has 1 N–H and O–H groups in total. The van der Waals surface area contributed by atoms with E-state index in [9.17, 15) is 9.90 Å². The van der Waals surface area contributed by atoms with Gasteiger partial charge in [-0.1, -0.05) is 48.5 Å². The molecule has 0 radical (unpaired) electrons. The maximum Gasteiger partial charge on any atom is 0.277 e. The van der Waals surface area contributed by atoms with Crippen molar-refractivity contribution in [1.82, 2.24) is 4.90 Å². The zero-order chi connectivity index (χ0) is 23.3. The Morgan fingerprint density at radius 3 is 2.29 bits per heavy atom. The molecule has 0 aromatic heterocycles. The molecule has 174 valence electrons. The number of hydrogen-bond donors (Lipinski definition) is 1. The highest BCUT2D eigenvalue weighted by Gasteiger charge is 2.24. The van der Waals surface area contributed by atoms with Crippen LogP contribution in [0.4, 0.5) is 0 Å². The Hall–Kier alpha value is -3.48. The number of likely N-dealkylation sites (tertiary alicyclic amines) is 1. The molecule has 0 saturated carbocycles. The number of fused-ring (bicyclic) bond motifs is 1. The molecule has 0 unspecified atom stereocenters. The molecule has 6 heteroatoms. The second kappa shape index (κ2) is 10.2. The van der Waals surface area contributed by atoms with Crippen molar-refractivity contribution in [2.24, 2.45) is 4.99 Å². The lowest BCUT2D eigenvalue weighted by molar-refractivity contribution is 0.0999. The molecule has 0 spiro atoms. The van der Waals surface area contributed by atoms with Crippen LogP contribution < -0.4 is 9.47 Å². The summed E-state index contributed by atoms with van der Waals surface area (Å²) in [6.07, 6.45) is 1.22. The molecule has 2 heterocycles. The summed E-state index contributed by atoms with van der Waals surface area (Å²) in [6, 6.07) is 22.8. The molecular formula is C28H28N2O4. The van der Waals surface area contributed by atoms with Gasteiger partial charge in [0.05, 0.1) is 5.71 Å². The topological polar surface area (TPSA) is 71.4 Å². The van der Waals surface area contributed by atoms with Crippen molar-refractivity contribution >= 4 is 11.6 Å². The average molecular weight is 457 g/mol. The molecule has 1 atom stereocenters. The van der Waals surface area contributed by atoms with E-state index in [1.165, 1.54) is 0 Å². The Labute approximate surface area is 199 Å². The second-order valence-corrected chi connectivity index (χ2v) is 8.64. The quantitative estimate of drug-likeness (QED) is 0.552. The first-order valence-electron chi connectivity index (χ1n) is 11.7. The summed E-state index contributed by atoms with van der Waals surface area (Å²) in [7, 11) is 0.